The molecule has 0 aliphatic rings. The molecule has 2 aromatic carbocycles. The first-order valence-electron chi connectivity index (χ1n) is 7.58. The molecule has 0 heterocycles. The molecule has 1 amide bonds. The van der Waals surface area contributed by atoms with Crippen LogP contribution in [0.4, 0.5) is 5.69 Å². The largest absolute Gasteiger partial charge is 0.385 e. The summed E-state index contributed by atoms with van der Waals surface area (Å²) in [5.41, 5.74) is 0.850. The monoisotopic (exact) mass is 426 g/mol. The molecule has 0 radical (unpaired) electrons. The van der Waals surface area contributed by atoms with Crippen LogP contribution in [0, 0.1) is 0 Å². The minimum atomic E-state index is -3.67. The van der Waals surface area contributed by atoms with Crippen molar-refractivity contribution < 1.29 is 17.9 Å². The summed E-state index contributed by atoms with van der Waals surface area (Å²) in [5, 5.41) is 2.77. The van der Waals surface area contributed by atoms with Crippen molar-refractivity contribution in [3.63, 3.8) is 0 Å². The molecule has 134 valence electrons. The van der Waals surface area contributed by atoms with Gasteiger partial charge >= 0.3 is 0 Å². The highest BCUT2D eigenvalue weighted by atomic mass is 79.9. The molecular weight excluding hydrogens is 408 g/mol. The third kappa shape index (κ3) is 5.84. The van der Waals surface area contributed by atoms with Crippen LogP contribution in [-0.2, 0) is 14.8 Å². The van der Waals surface area contributed by atoms with Gasteiger partial charge in [-0.3, -0.25) is 9.52 Å². The van der Waals surface area contributed by atoms with Crippen LogP contribution >= 0.6 is 15.9 Å². The summed E-state index contributed by atoms with van der Waals surface area (Å²) in [7, 11) is -2.06. The Morgan fingerprint density at radius 3 is 2.32 bits per heavy atom. The highest BCUT2D eigenvalue weighted by Gasteiger charge is 2.14. The lowest BCUT2D eigenvalue weighted by molar-refractivity contribution is 0.0948. The van der Waals surface area contributed by atoms with E-state index in [2.05, 4.69) is 26.0 Å². The van der Waals surface area contributed by atoms with E-state index in [1.807, 2.05) is 0 Å². The molecule has 0 spiro atoms. The van der Waals surface area contributed by atoms with Gasteiger partial charge in [0.2, 0.25) is 0 Å². The quantitative estimate of drug-likeness (QED) is 0.635. The number of methoxy groups -OCH3 is 1. The number of amides is 1. The zero-order valence-electron chi connectivity index (χ0n) is 13.7. The first-order valence-corrected chi connectivity index (χ1v) is 9.85. The highest BCUT2D eigenvalue weighted by molar-refractivity contribution is 9.10. The van der Waals surface area contributed by atoms with Crippen LogP contribution in [0.15, 0.2) is 57.9 Å². The molecule has 0 saturated heterocycles. The van der Waals surface area contributed by atoms with Crippen LogP contribution < -0.4 is 10.0 Å². The van der Waals surface area contributed by atoms with Gasteiger partial charge in [-0.2, -0.15) is 0 Å². The summed E-state index contributed by atoms with van der Waals surface area (Å²) in [6.07, 6.45) is 0.729. The predicted molar refractivity (Wildman–Crippen MR) is 100 cm³/mol. The second-order valence-electron chi connectivity index (χ2n) is 5.24. The van der Waals surface area contributed by atoms with E-state index in [-0.39, 0.29) is 10.8 Å². The van der Waals surface area contributed by atoms with Crippen molar-refractivity contribution >= 4 is 37.5 Å². The Labute approximate surface area is 155 Å². The fourth-order valence-electron chi connectivity index (χ4n) is 2.04. The number of rotatable bonds is 8. The van der Waals surface area contributed by atoms with E-state index in [1.165, 1.54) is 12.1 Å². The first-order chi connectivity index (χ1) is 11.9. The summed E-state index contributed by atoms with van der Waals surface area (Å²) in [6.45, 7) is 1.10. The van der Waals surface area contributed by atoms with Crippen molar-refractivity contribution in [2.45, 2.75) is 11.3 Å². The first kappa shape index (κ1) is 19.4. The molecule has 0 saturated carbocycles. The molecule has 2 rings (SSSR count). The van der Waals surface area contributed by atoms with Crippen LogP contribution in [0.2, 0.25) is 0 Å². The zero-order valence-corrected chi connectivity index (χ0v) is 16.1. The van der Waals surface area contributed by atoms with Gasteiger partial charge in [0.05, 0.1) is 4.90 Å². The molecule has 0 aliphatic heterocycles. The molecule has 2 N–H and O–H groups in total. The maximum absolute atomic E-state index is 12.3. The lowest BCUT2D eigenvalue weighted by Crippen LogP contribution is -2.25. The van der Waals surface area contributed by atoms with Crippen molar-refractivity contribution in [1.29, 1.82) is 0 Å². The van der Waals surface area contributed by atoms with Gasteiger partial charge in [0.1, 0.15) is 0 Å². The normalized spacial score (nSPS) is 11.1. The van der Waals surface area contributed by atoms with Crippen molar-refractivity contribution in [3.05, 3.63) is 58.6 Å². The van der Waals surface area contributed by atoms with E-state index >= 15 is 0 Å². The van der Waals surface area contributed by atoms with E-state index in [9.17, 15) is 13.2 Å². The summed E-state index contributed by atoms with van der Waals surface area (Å²) in [6, 6.07) is 12.6. The maximum atomic E-state index is 12.3. The third-order valence-electron chi connectivity index (χ3n) is 3.33. The molecule has 8 heteroatoms. The predicted octanol–water partition coefficient (Wildman–Crippen LogP) is 3.02. The molecule has 0 bridgehead atoms. The summed E-state index contributed by atoms with van der Waals surface area (Å²) in [5.74, 6) is -0.210. The van der Waals surface area contributed by atoms with Gasteiger partial charge in [-0.05, 0) is 55.0 Å². The molecule has 6 nitrogen and oxygen atoms in total. The molecule has 0 aromatic heterocycles. The van der Waals surface area contributed by atoms with Gasteiger partial charge in [-0.25, -0.2) is 8.42 Å². The van der Waals surface area contributed by atoms with Crippen LogP contribution in [0.3, 0.4) is 0 Å². The Morgan fingerprint density at radius 2 is 1.72 bits per heavy atom. The van der Waals surface area contributed by atoms with Gasteiger partial charge in [0.25, 0.3) is 15.9 Å². The molecule has 0 atom stereocenters. The standard InChI is InChI=1S/C17H19BrN2O4S/c1-24-12-2-11-19-17(21)13-3-7-15(8-4-13)20-25(22,23)16-9-5-14(18)6-10-16/h3-10,20H,2,11-12H2,1H3,(H,19,21). The number of hydrogen-bond donors (Lipinski definition) is 2. The molecule has 2 aromatic rings. The van der Waals surface area contributed by atoms with Gasteiger partial charge < -0.3 is 10.1 Å². The minimum Gasteiger partial charge on any atom is -0.385 e. The molecular formula is C17H19BrN2O4S. The van der Waals surface area contributed by atoms with E-state index in [0.717, 1.165) is 10.9 Å². The SMILES string of the molecule is COCCCNC(=O)c1ccc(NS(=O)(=O)c2ccc(Br)cc2)cc1. The zero-order chi connectivity index (χ0) is 18.3. The van der Waals surface area contributed by atoms with Crippen molar-refractivity contribution in [2.75, 3.05) is 25.0 Å². The number of hydrogen-bond acceptors (Lipinski definition) is 4. The van der Waals surface area contributed by atoms with Gasteiger partial charge in [-0.15, -0.1) is 0 Å². The smallest absolute Gasteiger partial charge is 0.261 e. The average Bonchev–Trinajstić information content (AvgIpc) is 2.59. The second kappa shape index (κ2) is 8.98. The summed E-state index contributed by atoms with van der Waals surface area (Å²) < 4.78 is 32.8. The Kier molecular flexibility index (Phi) is 6.98. The Bertz CT molecular complexity index is 806. The van der Waals surface area contributed by atoms with Crippen LogP contribution in [0.25, 0.3) is 0 Å². The number of sulfonamides is 1. The Balaban J connectivity index is 2.00. The van der Waals surface area contributed by atoms with Crippen molar-refractivity contribution in [1.82, 2.24) is 5.32 Å². The van der Waals surface area contributed by atoms with Gasteiger partial charge in [0, 0.05) is 36.0 Å². The van der Waals surface area contributed by atoms with E-state index in [0.29, 0.717) is 24.4 Å². The fraction of sp³-hybridized carbons (Fsp3) is 0.235. The van der Waals surface area contributed by atoms with E-state index in [4.69, 9.17) is 4.74 Å². The number of benzene rings is 2. The third-order valence-corrected chi connectivity index (χ3v) is 5.26. The average molecular weight is 427 g/mol. The van der Waals surface area contributed by atoms with Gasteiger partial charge in [0.15, 0.2) is 0 Å². The molecule has 0 aliphatic carbocycles. The number of ether oxygens (including phenoxy) is 1. The number of carbonyl (C=O) groups is 1. The highest BCUT2D eigenvalue weighted by Crippen LogP contribution is 2.19. The number of anilines is 1. The molecule has 0 unspecified atom stereocenters. The van der Waals surface area contributed by atoms with E-state index in [1.54, 1.807) is 43.5 Å². The summed E-state index contributed by atoms with van der Waals surface area (Å²) >= 11 is 3.27. The Hall–Kier alpha value is -1.90. The van der Waals surface area contributed by atoms with Crippen molar-refractivity contribution in [3.8, 4) is 0 Å². The van der Waals surface area contributed by atoms with Crippen molar-refractivity contribution in [2.24, 2.45) is 0 Å². The lowest BCUT2D eigenvalue weighted by Gasteiger charge is -2.09. The maximum Gasteiger partial charge on any atom is 0.261 e. The topological polar surface area (TPSA) is 84.5 Å². The molecule has 0 fully saturated rings. The Morgan fingerprint density at radius 1 is 1.08 bits per heavy atom. The second-order valence-corrected chi connectivity index (χ2v) is 7.84. The van der Waals surface area contributed by atoms with Gasteiger partial charge in [-0.1, -0.05) is 15.9 Å². The van der Waals surface area contributed by atoms with E-state index < -0.39 is 10.0 Å². The van der Waals surface area contributed by atoms with Crippen LogP contribution in [0.1, 0.15) is 16.8 Å². The van der Waals surface area contributed by atoms with Crippen LogP contribution in [0.5, 0.6) is 0 Å². The minimum absolute atomic E-state index is 0.163. The molecule has 25 heavy (non-hydrogen) atoms. The fourth-order valence-corrected chi connectivity index (χ4v) is 3.36. The number of nitrogens with one attached hydrogen (secondary N) is 2. The number of carbonyl (C=O) groups excluding carboxylic acids is 1. The van der Waals surface area contributed by atoms with Crippen LogP contribution in [-0.4, -0.2) is 34.6 Å². The lowest BCUT2D eigenvalue weighted by atomic mass is 10.2. The number of halogens is 1. The summed E-state index contributed by atoms with van der Waals surface area (Å²) in [4.78, 5) is 12.1.